The van der Waals surface area contributed by atoms with Crippen molar-refractivity contribution < 1.29 is 9.53 Å². The van der Waals surface area contributed by atoms with E-state index in [2.05, 4.69) is 32.3 Å². The number of nitriles is 1. The first-order valence-corrected chi connectivity index (χ1v) is 11.5. The summed E-state index contributed by atoms with van der Waals surface area (Å²) in [4.78, 5) is 26.1. The van der Waals surface area contributed by atoms with E-state index in [4.69, 9.17) is 4.74 Å². The Morgan fingerprint density at radius 1 is 1.06 bits per heavy atom. The second-order valence-corrected chi connectivity index (χ2v) is 9.35. The molecule has 3 aliphatic heterocycles. The van der Waals surface area contributed by atoms with Crippen LogP contribution in [0.1, 0.15) is 32.1 Å². The molecule has 1 N–H and O–H groups in total. The zero-order valence-corrected chi connectivity index (χ0v) is 17.9. The van der Waals surface area contributed by atoms with E-state index < -0.39 is 5.41 Å². The molecule has 2 unspecified atom stereocenters. The van der Waals surface area contributed by atoms with Crippen molar-refractivity contribution in [1.29, 1.82) is 5.26 Å². The van der Waals surface area contributed by atoms with Crippen LogP contribution in [-0.2, 0) is 9.53 Å². The normalized spacial score (nSPS) is 29.3. The number of carbonyl (C=O) groups excluding carboxylic acids is 1. The summed E-state index contributed by atoms with van der Waals surface area (Å²) < 4.78 is 5.92. The van der Waals surface area contributed by atoms with Crippen molar-refractivity contribution >= 4 is 28.9 Å². The Labute approximate surface area is 187 Å². The molecule has 5 heterocycles. The average Bonchev–Trinajstić information content (AvgIpc) is 3.54. The number of rotatable bonds is 5. The van der Waals surface area contributed by atoms with Crippen molar-refractivity contribution in [2.75, 3.05) is 34.8 Å². The van der Waals surface area contributed by atoms with Gasteiger partial charge in [-0.25, -0.2) is 9.97 Å². The Bertz CT molecular complexity index is 1070. The van der Waals surface area contributed by atoms with Gasteiger partial charge in [0, 0.05) is 37.6 Å². The molecule has 0 radical (unpaired) electrons. The van der Waals surface area contributed by atoms with Crippen LogP contribution in [0.25, 0.3) is 0 Å². The predicted octanol–water partition coefficient (Wildman–Crippen LogP) is 3.24. The van der Waals surface area contributed by atoms with Gasteiger partial charge in [-0.1, -0.05) is 0 Å². The minimum atomic E-state index is -0.840. The quantitative estimate of drug-likeness (QED) is 0.778. The van der Waals surface area contributed by atoms with Gasteiger partial charge in [0.1, 0.15) is 17.1 Å². The molecule has 4 aliphatic rings. The number of morpholine rings is 1. The largest absolute Gasteiger partial charge is 0.371 e. The fourth-order valence-electron chi connectivity index (χ4n) is 5.39. The van der Waals surface area contributed by atoms with E-state index in [1.165, 1.54) is 0 Å². The van der Waals surface area contributed by atoms with Crippen molar-refractivity contribution in [3.05, 3.63) is 36.7 Å². The first kappa shape index (κ1) is 19.5. The molecule has 1 amide bonds. The van der Waals surface area contributed by atoms with Crippen molar-refractivity contribution in [3.63, 3.8) is 0 Å². The molecule has 2 aromatic rings. The van der Waals surface area contributed by atoms with Crippen LogP contribution in [0.5, 0.6) is 0 Å². The zero-order valence-electron chi connectivity index (χ0n) is 17.9. The van der Waals surface area contributed by atoms with Crippen molar-refractivity contribution in [3.8, 4) is 6.07 Å². The highest BCUT2D eigenvalue weighted by atomic mass is 16.5. The zero-order chi connectivity index (χ0) is 21.7. The first-order chi connectivity index (χ1) is 15.6. The highest BCUT2D eigenvalue weighted by Gasteiger charge is 2.56. The number of nitrogens with one attached hydrogen (secondary N) is 1. The monoisotopic (exact) mass is 430 g/mol. The number of hydrogen-bond acceptors (Lipinski definition) is 7. The molecule has 1 aliphatic carbocycles. The molecule has 164 valence electrons. The van der Waals surface area contributed by atoms with Crippen LogP contribution in [0.4, 0.5) is 23.0 Å². The Hall–Kier alpha value is -3.18. The maximum atomic E-state index is 13.1. The number of aromatic nitrogens is 2. The fourth-order valence-corrected chi connectivity index (χ4v) is 5.39. The molecule has 3 atom stereocenters. The van der Waals surface area contributed by atoms with Crippen LogP contribution in [0.15, 0.2) is 36.7 Å². The lowest BCUT2D eigenvalue weighted by Gasteiger charge is -2.33. The van der Waals surface area contributed by atoms with Gasteiger partial charge in [0.2, 0.25) is 5.91 Å². The fraction of sp³-hybridized carbons (Fsp3) is 0.500. The van der Waals surface area contributed by atoms with Gasteiger partial charge in [-0.05, 0) is 56.2 Å². The highest BCUT2D eigenvalue weighted by Crippen LogP contribution is 2.51. The summed E-state index contributed by atoms with van der Waals surface area (Å²) in [5.41, 5.74) is 1.03. The minimum absolute atomic E-state index is 0.0680. The maximum Gasteiger partial charge on any atom is 0.247 e. The molecular formula is C24H26N6O2. The van der Waals surface area contributed by atoms with Crippen LogP contribution in [0.2, 0.25) is 0 Å². The summed E-state index contributed by atoms with van der Waals surface area (Å²) in [6.45, 7) is 2.41. The Kier molecular flexibility index (Phi) is 4.54. The summed E-state index contributed by atoms with van der Waals surface area (Å²) >= 11 is 0. The second-order valence-electron chi connectivity index (χ2n) is 9.35. The molecular weight excluding hydrogens is 404 g/mol. The molecule has 0 aromatic carbocycles. The van der Waals surface area contributed by atoms with E-state index >= 15 is 0 Å². The van der Waals surface area contributed by atoms with Crippen molar-refractivity contribution in [2.24, 2.45) is 11.3 Å². The van der Waals surface area contributed by atoms with E-state index in [9.17, 15) is 10.1 Å². The SMILES string of the molecule is N#C[C@@]1(C2CC2)CCN(c2ccnc(Nc3ccc(N4CC5CCC(C4)O5)cn3)c2)C1=O. The van der Waals surface area contributed by atoms with Crippen LogP contribution in [0.3, 0.4) is 0 Å². The molecule has 4 fully saturated rings. The summed E-state index contributed by atoms with van der Waals surface area (Å²) in [5.74, 6) is 1.47. The standard InChI is InChI=1S/C24H26N6O2/c25-15-24(16-1-2-16)8-10-30(23(24)31)17-7-9-26-22(11-17)28-21-6-3-18(12-27-21)29-13-19-4-5-20(14-29)32-19/h3,6-7,9,11-12,16,19-20H,1-2,4-5,8,10,13-14H2,(H,26,27,28)/t19?,20?,24-/m1/s1. The summed E-state index contributed by atoms with van der Waals surface area (Å²) in [7, 11) is 0. The van der Waals surface area contributed by atoms with Gasteiger partial charge in [0.25, 0.3) is 0 Å². The Morgan fingerprint density at radius 2 is 1.88 bits per heavy atom. The lowest BCUT2D eigenvalue weighted by molar-refractivity contribution is -0.123. The number of anilines is 4. The minimum Gasteiger partial charge on any atom is -0.371 e. The predicted molar refractivity (Wildman–Crippen MR) is 120 cm³/mol. The van der Waals surface area contributed by atoms with Crippen LogP contribution in [-0.4, -0.2) is 47.7 Å². The van der Waals surface area contributed by atoms with E-state index in [1.807, 2.05) is 24.4 Å². The summed E-state index contributed by atoms with van der Waals surface area (Å²) in [5, 5.41) is 13.0. The van der Waals surface area contributed by atoms with Crippen LogP contribution >= 0.6 is 0 Å². The molecule has 0 spiro atoms. The molecule has 6 rings (SSSR count). The third-order valence-electron chi connectivity index (χ3n) is 7.30. The Morgan fingerprint density at radius 3 is 2.56 bits per heavy atom. The molecule has 8 heteroatoms. The highest BCUT2D eigenvalue weighted by molar-refractivity contribution is 6.02. The molecule has 32 heavy (non-hydrogen) atoms. The number of amides is 1. The first-order valence-electron chi connectivity index (χ1n) is 11.5. The number of carbonyl (C=O) groups is 1. The van der Waals surface area contributed by atoms with Gasteiger partial charge in [0.15, 0.2) is 0 Å². The third-order valence-corrected chi connectivity index (χ3v) is 7.30. The number of ether oxygens (including phenoxy) is 1. The van der Waals surface area contributed by atoms with Crippen LogP contribution in [0, 0.1) is 22.7 Å². The lowest BCUT2D eigenvalue weighted by Crippen LogP contribution is -2.42. The molecule has 2 aromatic heterocycles. The van der Waals surface area contributed by atoms with Crippen molar-refractivity contribution in [1.82, 2.24) is 9.97 Å². The Balaban J connectivity index is 1.15. The molecule has 2 bridgehead atoms. The maximum absolute atomic E-state index is 13.1. The van der Waals surface area contributed by atoms with Gasteiger partial charge >= 0.3 is 0 Å². The van der Waals surface area contributed by atoms with E-state index in [0.717, 1.165) is 50.1 Å². The third kappa shape index (κ3) is 3.28. The van der Waals surface area contributed by atoms with Crippen molar-refractivity contribution in [2.45, 2.75) is 44.3 Å². The van der Waals surface area contributed by atoms with E-state index in [-0.39, 0.29) is 11.8 Å². The van der Waals surface area contributed by atoms with Gasteiger partial charge in [0.05, 0.1) is 30.2 Å². The molecule has 8 nitrogen and oxygen atoms in total. The van der Waals surface area contributed by atoms with Gasteiger partial charge in [-0.2, -0.15) is 5.26 Å². The number of pyridine rings is 2. The lowest BCUT2D eigenvalue weighted by atomic mass is 9.83. The van der Waals surface area contributed by atoms with E-state index in [1.54, 1.807) is 11.1 Å². The number of fused-ring (bicyclic) bond motifs is 2. The van der Waals surface area contributed by atoms with Gasteiger partial charge < -0.3 is 19.9 Å². The van der Waals surface area contributed by atoms with E-state index in [0.29, 0.717) is 36.8 Å². The number of hydrogen-bond donors (Lipinski definition) is 1. The number of nitrogens with zero attached hydrogens (tertiary/aromatic N) is 5. The van der Waals surface area contributed by atoms with Gasteiger partial charge in [-0.3, -0.25) is 4.79 Å². The average molecular weight is 431 g/mol. The smallest absolute Gasteiger partial charge is 0.247 e. The van der Waals surface area contributed by atoms with Crippen LogP contribution < -0.4 is 15.1 Å². The second kappa shape index (κ2) is 7.45. The molecule has 3 saturated heterocycles. The van der Waals surface area contributed by atoms with Gasteiger partial charge in [-0.15, -0.1) is 0 Å². The topological polar surface area (TPSA) is 94.4 Å². The molecule has 1 saturated carbocycles. The summed E-state index contributed by atoms with van der Waals surface area (Å²) in [6.07, 6.45) is 9.10. The summed E-state index contributed by atoms with van der Waals surface area (Å²) in [6, 6.07) is 10.0.